The van der Waals surface area contributed by atoms with E-state index in [9.17, 15) is 0 Å². The van der Waals surface area contributed by atoms with E-state index in [1.807, 2.05) is 18.7 Å². The Kier molecular flexibility index (Phi) is 2.93. The maximum absolute atomic E-state index is 4.05. The average molecular weight is 220 g/mol. The first-order valence-electron chi connectivity index (χ1n) is 6.33. The minimum absolute atomic E-state index is 0.728. The number of piperidine rings is 3. The van der Waals surface area contributed by atoms with Crippen LogP contribution in [0.4, 0.5) is 0 Å². The number of hydrogen-bond donors (Lipinski definition) is 1. The van der Waals surface area contributed by atoms with Gasteiger partial charge in [0.1, 0.15) is 0 Å². The molecule has 3 aliphatic rings. The van der Waals surface area contributed by atoms with Gasteiger partial charge in [0.2, 0.25) is 0 Å². The van der Waals surface area contributed by atoms with Crippen molar-refractivity contribution < 1.29 is 0 Å². The van der Waals surface area contributed by atoms with Crippen LogP contribution in [0.15, 0.2) is 18.7 Å². The number of imidazole rings is 1. The SMILES string of the molecule is c1cn(CCNC2CN3CCC2CC3)cn1. The number of aromatic nitrogens is 2. The molecule has 1 unspecified atom stereocenters. The molecule has 2 bridgehead atoms. The maximum atomic E-state index is 4.05. The summed E-state index contributed by atoms with van der Waals surface area (Å²) in [6, 6.07) is 0.728. The van der Waals surface area contributed by atoms with E-state index in [1.54, 1.807) is 0 Å². The summed E-state index contributed by atoms with van der Waals surface area (Å²) < 4.78 is 2.13. The number of fused-ring (bicyclic) bond motifs is 3. The van der Waals surface area contributed by atoms with Gasteiger partial charge in [-0.2, -0.15) is 0 Å². The summed E-state index contributed by atoms with van der Waals surface area (Å²) in [6.07, 6.45) is 8.54. The van der Waals surface area contributed by atoms with Crippen LogP contribution in [0.25, 0.3) is 0 Å². The van der Waals surface area contributed by atoms with Crippen LogP contribution in [0.3, 0.4) is 0 Å². The fraction of sp³-hybridized carbons (Fsp3) is 0.750. The molecule has 1 aromatic heterocycles. The molecule has 0 spiro atoms. The zero-order chi connectivity index (χ0) is 10.8. The Hall–Kier alpha value is -0.870. The Bertz CT molecular complexity index is 314. The van der Waals surface area contributed by atoms with Crippen LogP contribution in [0.2, 0.25) is 0 Å². The van der Waals surface area contributed by atoms with Gasteiger partial charge in [0.05, 0.1) is 6.33 Å². The van der Waals surface area contributed by atoms with Gasteiger partial charge in [-0.15, -0.1) is 0 Å². The van der Waals surface area contributed by atoms with Crippen LogP contribution in [0.1, 0.15) is 12.8 Å². The third kappa shape index (κ3) is 2.13. The summed E-state index contributed by atoms with van der Waals surface area (Å²) in [5.41, 5.74) is 0. The van der Waals surface area contributed by atoms with E-state index in [-0.39, 0.29) is 0 Å². The van der Waals surface area contributed by atoms with E-state index in [0.717, 1.165) is 25.0 Å². The molecule has 3 saturated heterocycles. The minimum atomic E-state index is 0.728. The van der Waals surface area contributed by atoms with Crippen LogP contribution >= 0.6 is 0 Å². The second kappa shape index (κ2) is 4.55. The Morgan fingerprint density at radius 3 is 2.81 bits per heavy atom. The number of nitrogens with one attached hydrogen (secondary N) is 1. The fourth-order valence-corrected chi connectivity index (χ4v) is 2.99. The van der Waals surface area contributed by atoms with Gasteiger partial charge in [-0.3, -0.25) is 0 Å². The van der Waals surface area contributed by atoms with E-state index in [0.29, 0.717) is 0 Å². The van der Waals surface area contributed by atoms with Gasteiger partial charge in [0.25, 0.3) is 0 Å². The Morgan fingerprint density at radius 1 is 1.31 bits per heavy atom. The minimum Gasteiger partial charge on any atom is -0.336 e. The van der Waals surface area contributed by atoms with Crippen molar-refractivity contribution in [2.24, 2.45) is 5.92 Å². The summed E-state index contributed by atoms with van der Waals surface area (Å²) in [7, 11) is 0. The predicted octanol–water partition coefficient (Wildman–Crippen LogP) is 0.567. The molecule has 0 saturated carbocycles. The summed E-state index contributed by atoms with van der Waals surface area (Å²) in [4.78, 5) is 6.64. The normalized spacial score (nSPS) is 33.1. The van der Waals surface area contributed by atoms with Crippen molar-refractivity contribution in [2.75, 3.05) is 26.2 Å². The molecule has 1 N–H and O–H groups in total. The van der Waals surface area contributed by atoms with Crippen LogP contribution < -0.4 is 5.32 Å². The Morgan fingerprint density at radius 2 is 2.19 bits per heavy atom. The van der Waals surface area contributed by atoms with E-state index in [1.165, 1.54) is 32.5 Å². The lowest BCUT2D eigenvalue weighted by Crippen LogP contribution is -2.56. The van der Waals surface area contributed by atoms with Crippen molar-refractivity contribution in [1.29, 1.82) is 0 Å². The van der Waals surface area contributed by atoms with Gasteiger partial charge in [-0.05, 0) is 31.8 Å². The number of hydrogen-bond acceptors (Lipinski definition) is 3. The molecule has 4 rings (SSSR count). The van der Waals surface area contributed by atoms with Gasteiger partial charge in [0, 0.05) is 38.1 Å². The molecule has 4 heteroatoms. The quantitative estimate of drug-likeness (QED) is 0.805. The van der Waals surface area contributed by atoms with E-state index >= 15 is 0 Å². The summed E-state index contributed by atoms with van der Waals surface area (Å²) >= 11 is 0. The summed E-state index contributed by atoms with van der Waals surface area (Å²) in [6.45, 7) is 6.00. The zero-order valence-electron chi connectivity index (χ0n) is 9.68. The Labute approximate surface area is 96.7 Å². The van der Waals surface area contributed by atoms with Crippen LogP contribution in [0, 0.1) is 5.92 Å². The average Bonchev–Trinajstić information content (AvgIpc) is 2.84. The molecule has 16 heavy (non-hydrogen) atoms. The number of nitrogens with zero attached hydrogens (tertiary/aromatic N) is 3. The molecule has 0 aliphatic carbocycles. The first-order valence-corrected chi connectivity index (χ1v) is 6.33. The standard InChI is InChI=1S/C12H20N4/c1-5-15-6-2-11(1)12(9-15)14-4-8-16-7-3-13-10-16/h3,7,10-12,14H,1-2,4-6,8-9H2. The van der Waals surface area contributed by atoms with E-state index < -0.39 is 0 Å². The molecule has 4 heterocycles. The Balaban J connectivity index is 1.45. The van der Waals surface area contributed by atoms with Crippen molar-refractivity contribution in [3.05, 3.63) is 18.7 Å². The molecule has 0 aromatic carbocycles. The predicted molar refractivity (Wildman–Crippen MR) is 63.2 cm³/mol. The van der Waals surface area contributed by atoms with Crippen LogP contribution in [-0.2, 0) is 6.54 Å². The highest BCUT2D eigenvalue weighted by atomic mass is 15.2. The highest BCUT2D eigenvalue weighted by Crippen LogP contribution is 2.27. The van der Waals surface area contributed by atoms with Gasteiger partial charge in [0.15, 0.2) is 0 Å². The molecule has 1 aromatic rings. The highest BCUT2D eigenvalue weighted by molar-refractivity contribution is 4.90. The van der Waals surface area contributed by atoms with Crippen molar-refractivity contribution in [3.8, 4) is 0 Å². The lowest BCUT2D eigenvalue weighted by molar-refractivity contribution is 0.0725. The molecule has 1 atom stereocenters. The van der Waals surface area contributed by atoms with Gasteiger partial charge in [-0.25, -0.2) is 4.98 Å². The fourth-order valence-electron chi connectivity index (χ4n) is 2.99. The first-order chi connectivity index (χ1) is 7.92. The van der Waals surface area contributed by atoms with E-state index in [2.05, 4.69) is 19.8 Å². The monoisotopic (exact) mass is 220 g/mol. The molecule has 3 aliphatic heterocycles. The zero-order valence-corrected chi connectivity index (χ0v) is 9.68. The van der Waals surface area contributed by atoms with Crippen LogP contribution in [-0.4, -0.2) is 46.7 Å². The van der Waals surface area contributed by atoms with Gasteiger partial charge >= 0.3 is 0 Å². The van der Waals surface area contributed by atoms with Crippen molar-refractivity contribution in [1.82, 2.24) is 19.8 Å². The summed E-state index contributed by atoms with van der Waals surface area (Å²) in [5.74, 6) is 0.924. The molecule has 0 radical (unpaired) electrons. The lowest BCUT2D eigenvalue weighted by atomic mass is 9.84. The second-order valence-electron chi connectivity index (χ2n) is 5.00. The molecule has 3 fully saturated rings. The molecule has 88 valence electrons. The molecular weight excluding hydrogens is 200 g/mol. The van der Waals surface area contributed by atoms with Gasteiger partial charge < -0.3 is 14.8 Å². The highest BCUT2D eigenvalue weighted by Gasteiger charge is 2.33. The maximum Gasteiger partial charge on any atom is 0.0946 e. The molecule has 4 nitrogen and oxygen atoms in total. The summed E-state index contributed by atoms with van der Waals surface area (Å²) in [5, 5.41) is 3.70. The van der Waals surface area contributed by atoms with Crippen LogP contribution in [0.5, 0.6) is 0 Å². The van der Waals surface area contributed by atoms with E-state index in [4.69, 9.17) is 0 Å². The van der Waals surface area contributed by atoms with Crippen molar-refractivity contribution in [3.63, 3.8) is 0 Å². The smallest absolute Gasteiger partial charge is 0.0946 e. The van der Waals surface area contributed by atoms with Gasteiger partial charge in [-0.1, -0.05) is 0 Å². The lowest BCUT2D eigenvalue weighted by Gasteiger charge is -2.45. The third-order valence-corrected chi connectivity index (χ3v) is 3.99. The largest absolute Gasteiger partial charge is 0.336 e. The molecule has 0 amide bonds. The number of rotatable bonds is 4. The molecular formula is C12H20N4. The third-order valence-electron chi connectivity index (χ3n) is 3.99. The van der Waals surface area contributed by atoms with Crippen molar-refractivity contribution in [2.45, 2.75) is 25.4 Å². The van der Waals surface area contributed by atoms with Crippen molar-refractivity contribution >= 4 is 0 Å². The first kappa shape index (κ1) is 10.3. The topological polar surface area (TPSA) is 33.1 Å². The second-order valence-corrected chi connectivity index (χ2v) is 5.00.